The Morgan fingerprint density at radius 2 is 1.68 bits per heavy atom. The van der Waals surface area contributed by atoms with Gasteiger partial charge in [0.2, 0.25) is 11.8 Å². The van der Waals surface area contributed by atoms with Gasteiger partial charge in [0.25, 0.3) is 10.0 Å². The van der Waals surface area contributed by atoms with Crippen molar-refractivity contribution in [1.29, 1.82) is 0 Å². The van der Waals surface area contributed by atoms with Crippen molar-refractivity contribution in [3.8, 4) is 0 Å². The van der Waals surface area contributed by atoms with Crippen molar-refractivity contribution in [2.75, 3.05) is 17.4 Å². The number of nitrogens with zero attached hydrogens (tertiary/aromatic N) is 2. The van der Waals surface area contributed by atoms with Gasteiger partial charge < -0.3 is 10.2 Å². The summed E-state index contributed by atoms with van der Waals surface area (Å²) < 4.78 is 42.6. The molecule has 1 unspecified atom stereocenters. The highest BCUT2D eigenvalue weighted by Crippen LogP contribution is 2.25. The highest BCUT2D eigenvalue weighted by atomic mass is 79.9. The van der Waals surface area contributed by atoms with Crippen LogP contribution in [0.3, 0.4) is 0 Å². The molecule has 0 aliphatic carbocycles. The Balaban J connectivity index is 2.00. The Morgan fingerprint density at radius 3 is 2.30 bits per heavy atom. The van der Waals surface area contributed by atoms with E-state index in [0.29, 0.717) is 6.54 Å². The Morgan fingerprint density at radius 1 is 1.00 bits per heavy atom. The van der Waals surface area contributed by atoms with Gasteiger partial charge in [-0.1, -0.05) is 53.2 Å². The lowest BCUT2D eigenvalue weighted by Crippen LogP contribution is -2.51. The number of carbonyl (C=O) groups is 2. The van der Waals surface area contributed by atoms with Crippen LogP contribution in [0, 0.1) is 5.82 Å². The number of nitrogens with one attached hydrogen (secondary N) is 1. The molecular formula is C27H29BrFN3O4S. The lowest BCUT2D eigenvalue weighted by molar-refractivity contribution is -0.139. The van der Waals surface area contributed by atoms with Crippen molar-refractivity contribution in [2.45, 2.75) is 37.8 Å². The van der Waals surface area contributed by atoms with E-state index in [1.54, 1.807) is 25.1 Å². The fourth-order valence-corrected chi connectivity index (χ4v) is 5.55. The van der Waals surface area contributed by atoms with E-state index >= 15 is 0 Å². The van der Waals surface area contributed by atoms with Gasteiger partial charge in [-0.05, 0) is 67.4 Å². The zero-order chi connectivity index (χ0) is 27.0. The van der Waals surface area contributed by atoms with Crippen molar-refractivity contribution in [3.63, 3.8) is 0 Å². The van der Waals surface area contributed by atoms with E-state index in [-0.39, 0.29) is 23.0 Å². The number of carbonyl (C=O) groups excluding carboxylic acids is 2. The summed E-state index contributed by atoms with van der Waals surface area (Å²) in [7, 11) is -4.18. The zero-order valence-electron chi connectivity index (χ0n) is 20.6. The highest BCUT2D eigenvalue weighted by Gasteiger charge is 2.32. The number of sulfonamides is 1. The summed E-state index contributed by atoms with van der Waals surface area (Å²) in [5.41, 5.74) is 0.890. The van der Waals surface area contributed by atoms with E-state index < -0.39 is 34.3 Å². The van der Waals surface area contributed by atoms with E-state index in [1.165, 1.54) is 29.2 Å². The van der Waals surface area contributed by atoms with Gasteiger partial charge in [-0.3, -0.25) is 13.9 Å². The van der Waals surface area contributed by atoms with Crippen LogP contribution in [0.5, 0.6) is 0 Å². The second-order valence-corrected chi connectivity index (χ2v) is 11.2. The van der Waals surface area contributed by atoms with Crippen molar-refractivity contribution < 1.29 is 22.4 Å². The first kappa shape index (κ1) is 28.3. The number of amides is 2. The molecule has 0 aromatic heterocycles. The predicted octanol–water partition coefficient (Wildman–Crippen LogP) is 4.73. The van der Waals surface area contributed by atoms with Crippen LogP contribution < -0.4 is 9.62 Å². The van der Waals surface area contributed by atoms with Crippen LogP contribution in [0.2, 0.25) is 0 Å². The van der Waals surface area contributed by atoms with Crippen molar-refractivity contribution in [2.24, 2.45) is 0 Å². The predicted molar refractivity (Wildman–Crippen MR) is 145 cm³/mol. The van der Waals surface area contributed by atoms with E-state index in [0.717, 1.165) is 32.9 Å². The second kappa shape index (κ2) is 12.8. The maximum atomic E-state index is 13.7. The van der Waals surface area contributed by atoms with Crippen LogP contribution in [0.4, 0.5) is 10.1 Å². The third-order valence-corrected chi connectivity index (χ3v) is 7.96. The normalized spacial score (nSPS) is 12.0. The number of hydrogen-bond donors (Lipinski definition) is 1. The SMILES string of the molecule is CCCNC(=O)C(C)N(Cc1cccc(Br)c1)C(=O)CN(c1ccc(F)cc1)S(=O)(=O)c1ccccc1. The molecule has 196 valence electrons. The first-order chi connectivity index (χ1) is 17.6. The molecular weight excluding hydrogens is 561 g/mol. The molecule has 0 radical (unpaired) electrons. The molecule has 0 aliphatic heterocycles. The number of hydrogen-bond acceptors (Lipinski definition) is 4. The summed E-state index contributed by atoms with van der Waals surface area (Å²) >= 11 is 3.42. The number of anilines is 1. The Kier molecular flexibility index (Phi) is 9.82. The summed E-state index contributed by atoms with van der Waals surface area (Å²) in [6, 6.07) is 19.0. The number of rotatable bonds is 11. The highest BCUT2D eigenvalue weighted by molar-refractivity contribution is 9.10. The van der Waals surface area contributed by atoms with Gasteiger partial charge in [-0.2, -0.15) is 0 Å². The molecule has 3 aromatic rings. The fraction of sp³-hybridized carbons (Fsp3) is 0.259. The molecule has 10 heteroatoms. The van der Waals surface area contributed by atoms with E-state index in [9.17, 15) is 22.4 Å². The molecule has 3 rings (SSSR count). The minimum Gasteiger partial charge on any atom is -0.354 e. The summed E-state index contributed by atoms with van der Waals surface area (Å²) in [5.74, 6) is -1.46. The molecule has 0 spiro atoms. The van der Waals surface area contributed by atoms with Crippen LogP contribution in [0.15, 0.2) is 88.2 Å². The van der Waals surface area contributed by atoms with Gasteiger partial charge in [0.15, 0.2) is 0 Å². The molecule has 1 N–H and O–H groups in total. The Hall–Kier alpha value is -3.24. The molecule has 0 fully saturated rings. The van der Waals surface area contributed by atoms with Crippen LogP contribution in [-0.2, 0) is 26.2 Å². The smallest absolute Gasteiger partial charge is 0.264 e. The average Bonchev–Trinajstić information content (AvgIpc) is 2.89. The summed E-state index contributed by atoms with van der Waals surface area (Å²) in [6.45, 7) is 3.48. The molecule has 3 aromatic carbocycles. The molecule has 0 saturated heterocycles. The molecule has 0 saturated carbocycles. The minimum absolute atomic E-state index is 0.0144. The molecule has 7 nitrogen and oxygen atoms in total. The largest absolute Gasteiger partial charge is 0.354 e. The van der Waals surface area contributed by atoms with Crippen molar-refractivity contribution >= 4 is 43.5 Å². The van der Waals surface area contributed by atoms with Gasteiger partial charge >= 0.3 is 0 Å². The first-order valence-electron chi connectivity index (χ1n) is 11.8. The topological polar surface area (TPSA) is 86.8 Å². The van der Waals surface area contributed by atoms with Crippen LogP contribution >= 0.6 is 15.9 Å². The number of benzene rings is 3. The van der Waals surface area contributed by atoms with Crippen molar-refractivity contribution in [3.05, 3.63) is 94.7 Å². The van der Waals surface area contributed by atoms with E-state index in [2.05, 4.69) is 21.2 Å². The molecule has 37 heavy (non-hydrogen) atoms. The summed E-state index contributed by atoms with van der Waals surface area (Å²) in [6.07, 6.45) is 0.728. The van der Waals surface area contributed by atoms with Gasteiger partial charge in [0.05, 0.1) is 10.6 Å². The average molecular weight is 591 g/mol. The van der Waals surface area contributed by atoms with Gasteiger partial charge in [0, 0.05) is 17.6 Å². The van der Waals surface area contributed by atoms with E-state index in [4.69, 9.17) is 0 Å². The maximum absolute atomic E-state index is 13.7. The van der Waals surface area contributed by atoms with Crippen LogP contribution in [0.1, 0.15) is 25.8 Å². The lowest BCUT2D eigenvalue weighted by atomic mass is 10.1. The third-order valence-electron chi connectivity index (χ3n) is 5.68. The van der Waals surface area contributed by atoms with Gasteiger partial charge in [-0.25, -0.2) is 12.8 Å². The molecule has 1 atom stereocenters. The zero-order valence-corrected chi connectivity index (χ0v) is 23.0. The Bertz CT molecular complexity index is 1320. The molecule has 0 aliphatic rings. The van der Waals surface area contributed by atoms with E-state index in [1.807, 2.05) is 31.2 Å². The molecule has 2 amide bonds. The van der Waals surface area contributed by atoms with Crippen molar-refractivity contribution in [1.82, 2.24) is 10.2 Å². The summed E-state index contributed by atoms with van der Waals surface area (Å²) in [4.78, 5) is 27.9. The minimum atomic E-state index is -4.18. The molecule has 0 heterocycles. The quantitative estimate of drug-likeness (QED) is 0.350. The van der Waals surface area contributed by atoms with Gasteiger partial charge in [-0.15, -0.1) is 0 Å². The van der Waals surface area contributed by atoms with Crippen LogP contribution in [-0.4, -0.2) is 44.3 Å². The Labute approximate surface area is 225 Å². The fourth-order valence-electron chi connectivity index (χ4n) is 3.67. The monoisotopic (exact) mass is 589 g/mol. The summed E-state index contributed by atoms with van der Waals surface area (Å²) in [5, 5.41) is 2.80. The molecule has 0 bridgehead atoms. The van der Waals surface area contributed by atoms with Gasteiger partial charge in [0.1, 0.15) is 18.4 Å². The third kappa shape index (κ3) is 7.39. The second-order valence-electron chi connectivity index (χ2n) is 8.42. The first-order valence-corrected chi connectivity index (χ1v) is 14.0. The maximum Gasteiger partial charge on any atom is 0.264 e. The lowest BCUT2D eigenvalue weighted by Gasteiger charge is -2.32. The standard InChI is InChI=1S/C27H29BrFN3O4S/c1-3-16-30-27(34)20(2)31(18-21-8-7-9-22(28)17-21)26(33)19-32(24-14-12-23(29)13-15-24)37(35,36)25-10-5-4-6-11-25/h4-15,17,20H,3,16,18-19H2,1-2H3,(H,30,34). The van der Waals surface area contributed by atoms with Crippen LogP contribution in [0.25, 0.3) is 0 Å². The number of halogens is 2.